The summed E-state index contributed by atoms with van der Waals surface area (Å²) in [4.78, 5) is 10.2. The Hall–Kier alpha value is -8.92. The number of para-hydroxylation sites is 2. The molecule has 69 heavy (non-hydrogen) atoms. The van der Waals surface area contributed by atoms with Crippen LogP contribution in [-0.2, 0) is 0 Å². The van der Waals surface area contributed by atoms with Gasteiger partial charge in [0.15, 0.2) is 0 Å². The summed E-state index contributed by atoms with van der Waals surface area (Å²) < 4.78 is 55.9. The largest absolute Gasteiger partial charge is 0.309 e. The van der Waals surface area contributed by atoms with Crippen molar-refractivity contribution in [2.45, 2.75) is 13.7 Å². The van der Waals surface area contributed by atoms with E-state index in [2.05, 4.69) is 150 Å². The molecule has 3 heterocycles. The number of pyridine rings is 2. The van der Waals surface area contributed by atoms with Gasteiger partial charge in [0.2, 0.25) is 0 Å². The molecule has 0 aliphatic heterocycles. The highest BCUT2D eigenvalue weighted by Crippen LogP contribution is 2.51. The third-order valence-corrected chi connectivity index (χ3v) is 14.3. The highest BCUT2D eigenvalue weighted by Gasteiger charge is 2.26. The predicted octanol–water partition coefficient (Wildman–Crippen LogP) is 17.5. The number of benzene rings is 9. The van der Waals surface area contributed by atoms with Crippen molar-refractivity contribution in [3.8, 4) is 117 Å². The lowest BCUT2D eigenvalue weighted by Gasteiger charge is -2.25. The lowest BCUT2D eigenvalue weighted by molar-refractivity contribution is 1.18. The van der Waals surface area contributed by atoms with Crippen molar-refractivity contribution in [2.75, 3.05) is 0 Å². The molecule has 0 amide bonds. The molecule has 0 spiro atoms. The van der Waals surface area contributed by atoms with Gasteiger partial charge in [-0.25, -0.2) is 4.98 Å². The molecule has 0 atom stereocenters. The van der Waals surface area contributed by atoms with Gasteiger partial charge in [0.1, 0.15) is 0 Å². The second-order valence-electron chi connectivity index (χ2n) is 18.0. The summed E-state index contributed by atoms with van der Waals surface area (Å²) in [6, 6.07) is 74.5. The number of rotatable bonds is 3. The van der Waals surface area contributed by atoms with E-state index < -0.39 is 13.7 Å². The second kappa shape index (κ2) is 15.3. The third-order valence-electron chi connectivity index (χ3n) is 14.3. The highest BCUT2D eigenvalue weighted by molar-refractivity contribution is 6.10. The number of fused-ring (bicyclic) bond motifs is 19. The van der Waals surface area contributed by atoms with Gasteiger partial charge in [0, 0.05) is 53.1 Å². The van der Waals surface area contributed by atoms with Crippen LogP contribution in [0.5, 0.6) is 0 Å². The van der Waals surface area contributed by atoms with Crippen LogP contribution in [0.3, 0.4) is 0 Å². The smallest absolute Gasteiger partial charge is 0.0786 e. The van der Waals surface area contributed by atoms with Crippen molar-refractivity contribution in [3.63, 3.8) is 0 Å². The first-order chi connectivity index (χ1) is 36.5. The molecule has 0 saturated heterocycles. The molecule has 2 aliphatic carbocycles. The third kappa shape index (κ3) is 6.00. The van der Waals surface area contributed by atoms with E-state index in [4.69, 9.17) is 18.2 Å². The molecule has 3 aromatic heterocycles. The normalized spacial score (nSPS) is 13.6. The highest BCUT2D eigenvalue weighted by atomic mass is 15.0. The molecular weight excluding hydrogens is 835 g/mol. The lowest BCUT2D eigenvalue weighted by Crippen LogP contribution is -2.01. The Balaban J connectivity index is 0.998. The fourth-order valence-electron chi connectivity index (χ4n) is 11.2. The van der Waals surface area contributed by atoms with Crippen LogP contribution in [0.2, 0.25) is 0 Å². The first kappa shape index (κ1) is 33.5. The minimum atomic E-state index is -2.72. The molecule has 0 saturated carbocycles. The zero-order valence-corrected chi connectivity index (χ0v) is 37.2. The van der Waals surface area contributed by atoms with E-state index in [1.165, 1.54) is 16.8 Å². The monoisotopic (exact) mass is 883 g/mol. The van der Waals surface area contributed by atoms with Crippen molar-refractivity contribution < 1.29 is 8.22 Å². The fraction of sp³-hybridized carbons (Fsp3) is 0.0303. The van der Waals surface area contributed by atoms with Gasteiger partial charge in [-0.1, -0.05) is 176 Å². The molecule has 14 rings (SSSR count). The Morgan fingerprint density at radius 3 is 1.23 bits per heavy atom. The summed E-state index contributed by atoms with van der Waals surface area (Å²) in [7, 11) is 0. The average molecular weight is 884 g/mol. The van der Waals surface area contributed by atoms with Crippen molar-refractivity contribution in [3.05, 3.63) is 236 Å². The number of aryl methyl sites for hydroxylation is 2. The molecule has 9 aromatic carbocycles. The van der Waals surface area contributed by atoms with Gasteiger partial charge in [-0.05, 0) is 140 Å². The first-order valence-electron chi connectivity index (χ1n) is 26.3. The molecule has 12 aromatic rings. The van der Waals surface area contributed by atoms with Crippen LogP contribution in [0.15, 0.2) is 225 Å². The predicted molar refractivity (Wildman–Crippen MR) is 287 cm³/mol. The van der Waals surface area contributed by atoms with Gasteiger partial charge in [-0.3, -0.25) is 4.98 Å². The molecule has 322 valence electrons. The van der Waals surface area contributed by atoms with Crippen LogP contribution in [0.1, 0.15) is 19.4 Å². The summed E-state index contributed by atoms with van der Waals surface area (Å²) in [6.45, 7) is -5.43. The van der Waals surface area contributed by atoms with Crippen LogP contribution in [0.25, 0.3) is 139 Å². The average Bonchev–Trinajstić information content (AvgIpc) is 3.78. The molecule has 0 unspecified atom stereocenters. The minimum Gasteiger partial charge on any atom is -0.309 e. The minimum absolute atomic E-state index is 0.133. The number of hydrogen-bond acceptors (Lipinski definition) is 2. The maximum atomic E-state index is 8.95. The number of hydrogen-bond donors (Lipinski definition) is 0. The molecule has 0 N–H and O–H groups in total. The Kier molecular flexibility index (Phi) is 7.44. The van der Waals surface area contributed by atoms with Gasteiger partial charge in [-0.15, -0.1) is 0 Å². The van der Waals surface area contributed by atoms with Crippen LogP contribution in [0.4, 0.5) is 0 Å². The van der Waals surface area contributed by atoms with Crippen LogP contribution >= 0.6 is 0 Å². The molecular formula is C66H43N3. The summed E-state index contributed by atoms with van der Waals surface area (Å²) in [6.07, 6.45) is 1.81. The van der Waals surface area contributed by atoms with Gasteiger partial charge in [-0.2, -0.15) is 0 Å². The Labute approximate surface area is 409 Å². The SMILES string of the molecule is [2H]C([2H])([2H])c1cc(C([2H])([2H])[2H])c(-c2ccc3c(c2)-c2ccccc2-c2ccccc2-c2ncccc2-3)nc1-c1ccc2c(c1)-c1ccccc1-c1ccccc1-c1cc(-n3c4ccccc4c4ccccc43)ccc1-2. The summed E-state index contributed by atoms with van der Waals surface area (Å²) in [5, 5.41) is 2.37. The van der Waals surface area contributed by atoms with E-state index in [1.807, 2.05) is 72.9 Å². The van der Waals surface area contributed by atoms with Crippen molar-refractivity contribution in [1.82, 2.24) is 14.5 Å². The number of nitrogens with zero attached hydrogens (tertiary/aromatic N) is 3. The first-order valence-corrected chi connectivity index (χ1v) is 23.3. The van der Waals surface area contributed by atoms with Gasteiger partial charge < -0.3 is 4.57 Å². The van der Waals surface area contributed by atoms with Gasteiger partial charge >= 0.3 is 0 Å². The van der Waals surface area contributed by atoms with Crippen molar-refractivity contribution in [2.24, 2.45) is 0 Å². The number of aromatic nitrogens is 3. The zero-order chi connectivity index (χ0) is 50.7. The van der Waals surface area contributed by atoms with Crippen molar-refractivity contribution in [1.29, 1.82) is 0 Å². The van der Waals surface area contributed by atoms with Crippen LogP contribution in [0, 0.1) is 13.7 Å². The van der Waals surface area contributed by atoms with E-state index in [9.17, 15) is 0 Å². The molecule has 0 fully saturated rings. The van der Waals surface area contributed by atoms with E-state index in [-0.39, 0.29) is 22.5 Å². The maximum absolute atomic E-state index is 8.95. The van der Waals surface area contributed by atoms with E-state index in [0.717, 1.165) is 106 Å². The Morgan fingerprint density at radius 2 is 0.710 bits per heavy atom. The molecule has 0 bridgehead atoms. The molecule has 2 aliphatic rings. The summed E-state index contributed by atoms with van der Waals surface area (Å²) in [5.41, 5.74) is 20.2. The zero-order valence-electron chi connectivity index (χ0n) is 43.2. The fourth-order valence-corrected chi connectivity index (χ4v) is 11.2. The second-order valence-corrected chi connectivity index (χ2v) is 18.0. The van der Waals surface area contributed by atoms with Crippen LogP contribution in [-0.4, -0.2) is 14.5 Å². The molecule has 3 nitrogen and oxygen atoms in total. The quantitative estimate of drug-likeness (QED) is 0.177. The van der Waals surface area contributed by atoms with E-state index >= 15 is 0 Å². The van der Waals surface area contributed by atoms with E-state index in [0.29, 0.717) is 11.1 Å². The lowest BCUT2D eigenvalue weighted by atomic mass is 9.80. The summed E-state index contributed by atoms with van der Waals surface area (Å²) in [5.74, 6) is 0. The van der Waals surface area contributed by atoms with E-state index in [1.54, 1.807) is 0 Å². The van der Waals surface area contributed by atoms with Gasteiger partial charge in [0.05, 0.1) is 28.1 Å². The Bertz CT molecular complexity index is 4290. The molecule has 3 heteroatoms. The standard InChI is InChI=1S/C66H43N3/c1-40-36-41(2)65(43-30-33-54-58-26-15-35-67-66(58)57-25-10-9-19-48(57)47-18-5-7-21-50(47)60(54)38-43)68-64(40)42-29-32-52-53-34-31-44(69-62-27-13-11-23-55(62)56-24-12-14-28-63(56)69)39-61(53)51-22-8-4-17-46(51)45-16-3-6-20-49(45)59(52)37-42/h3-39H,1-2H3/i1D3,2D3. The summed E-state index contributed by atoms with van der Waals surface area (Å²) >= 11 is 0. The Morgan fingerprint density at radius 1 is 0.319 bits per heavy atom. The van der Waals surface area contributed by atoms with Crippen molar-refractivity contribution >= 4 is 21.8 Å². The molecule has 0 radical (unpaired) electrons. The van der Waals surface area contributed by atoms with Gasteiger partial charge in [0.25, 0.3) is 0 Å². The maximum Gasteiger partial charge on any atom is 0.0786 e. The van der Waals surface area contributed by atoms with Crippen LogP contribution < -0.4 is 0 Å². The topological polar surface area (TPSA) is 30.7 Å².